The molecule has 0 amide bonds. The maximum Gasteiger partial charge on any atom is 0.266 e. The molecular weight excluding hydrogens is 358 g/mol. The zero-order chi connectivity index (χ0) is 16.6. The topological polar surface area (TPSA) is 92.7 Å². The highest BCUT2D eigenvalue weighted by Crippen LogP contribution is 2.31. The fourth-order valence-electron chi connectivity index (χ4n) is 1.90. The van der Waals surface area contributed by atoms with Crippen molar-refractivity contribution >= 4 is 38.8 Å². The second-order valence-corrected chi connectivity index (χ2v) is 8.52. The first-order valence-electron chi connectivity index (χ1n) is 6.73. The van der Waals surface area contributed by atoms with Crippen LogP contribution in [-0.2, 0) is 10.0 Å². The van der Waals surface area contributed by atoms with Gasteiger partial charge in [-0.2, -0.15) is 10.2 Å². The van der Waals surface area contributed by atoms with Crippen LogP contribution in [0, 0.1) is 0 Å². The second-order valence-electron chi connectivity index (χ2n) is 5.13. The van der Waals surface area contributed by atoms with Gasteiger partial charge in [0.25, 0.3) is 10.0 Å². The predicted octanol–water partition coefficient (Wildman–Crippen LogP) is 3.37. The molecule has 3 heterocycles. The zero-order valence-electron chi connectivity index (χ0n) is 12.3. The fourth-order valence-corrected chi connectivity index (χ4v) is 3.84. The molecule has 0 aromatic carbocycles. The van der Waals surface area contributed by atoms with Crippen molar-refractivity contribution in [1.82, 2.24) is 20.0 Å². The number of anilines is 1. The number of nitrogens with zero attached hydrogens (tertiary/aromatic N) is 3. The van der Waals surface area contributed by atoms with Crippen LogP contribution in [0.4, 0.5) is 5.82 Å². The largest absolute Gasteiger partial charge is 0.275 e. The van der Waals surface area contributed by atoms with Gasteiger partial charge in [0, 0.05) is 18.3 Å². The van der Waals surface area contributed by atoms with Crippen LogP contribution in [-0.4, -0.2) is 28.4 Å². The molecule has 3 aromatic heterocycles. The van der Waals surface area contributed by atoms with Crippen molar-refractivity contribution in [2.45, 2.75) is 24.8 Å². The third kappa shape index (κ3) is 3.41. The molecule has 3 rings (SSSR count). The number of rotatable bonds is 5. The molecule has 122 valence electrons. The summed E-state index contributed by atoms with van der Waals surface area (Å²) in [5, 5.41) is 10.8. The summed E-state index contributed by atoms with van der Waals surface area (Å²) >= 11 is 7.27. The molecule has 0 saturated heterocycles. The molecule has 7 nitrogen and oxygen atoms in total. The minimum absolute atomic E-state index is 0.0829. The molecule has 0 radical (unpaired) electrons. The van der Waals surface area contributed by atoms with Gasteiger partial charge in [0.15, 0.2) is 5.82 Å². The number of aromatic nitrogens is 4. The van der Waals surface area contributed by atoms with E-state index in [0.717, 1.165) is 4.88 Å². The summed E-state index contributed by atoms with van der Waals surface area (Å²) in [6.45, 7) is 3.84. The Hall–Kier alpha value is -1.84. The molecule has 10 heteroatoms. The maximum atomic E-state index is 12.4. The Morgan fingerprint density at radius 3 is 2.78 bits per heavy atom. The number of H-pyrrole nitrogens is 1. The second kappa shape index (κ2) is 5.99. The molecule has 0 bridgehead atoms. The van der Waals surface area contributed by atoms with Gasteiger partial charge in [0.1, 0.15) is 4.90 Å². The highest BCUT2D eigenvalue weighted by atomic mass is 35.5. The monoisotopic (exact) mass is 371 g/mol. The zero-order valence-corrected chi connectivity index (χ0v) is 14.7. The fraction of sp³-hybridized carbons (Fsp3) is 0.231. The van der Waals surface area contributed by atoms with Crippen molar-refractivity contribution in [1.29, 1.82) is 0 Å². The molecule has 0 aliphatic heterocycles. The van der Waals surface area contributed by atoms with E-state index in [0.29, 0.717) is 10.0 Å². The molecule has 0 aliphatic rings. The van der Waals surface area contributed by atoms with E-state index in [9.17, 15) is 8.42 Å². The van der Waals surface area contributed by atoms with Crippen LogP contribution in [0.3, 0.4) is 0 Å². The average molecular weight is 372 g/mol. The van der Waals surface area contributed by atoms with Crippen LogP contribution in [0.2, 0.25) is 4.34 Å². The Bertz CT molecular complexity index is 926. The van der Waals surface area contributed by atoms with Crippen molar-refractivity contribution in [3.63, 3.8) is 0 Å². The van der Waals surface area contributed by atoms with E-state index in [1.807, 2.05) is 19.9 Å². The van der Waals surface area contributed by atoms with Gasteiger partial charge >= 0.3 is 0 Å². The Kier molecular flexibility index (Phi) is 4.17. The first-order chi connectivity index (χ1) is 10.8. The van der Waals surface area contributed by atoms with Crippen LogP contribution in [0.15, 0.2) is 35.5 Å². The van der Waals surface area contributed by atoms with Crippen LogP contribution in [0.25, 0.3) is 10.6 Å². The Balaban J connectivity index is 1.82. The molecule has 0 fully saturated rings. The number of nitrogens with one attached hydrogen (secondary N) is 2. The number of hydrogen-bond acceptors (Lipinski definition) is 5. The molecule has 0 atom stereocenters. The first-order valence-corrected chi connectivity index (χ1v) is 9.41. The normalized spacial score (nSPS) is 12.0. The smallest absolute Gasteiger partial charge is 0.266 e. The van der Waals surface area contributed by atoms with E-state index in [4.69, 9.17) is 11.6 Å². The van der Waals surface area contributed by atoms with Gasteiger partial charge in [-0.25, -0.2) is 8.42 Å². The standard InChI is InChI=1S/C13H14ClN5O2S2/c1-8(2)19-7-9(6-15-19)23(20,21)18-13-5-10(16-17-13)11-3-4-12(14)22-11/h3-8H,1-2H3,(H2,16,17,18). The molecule has 0 spiro atoms. The Morgan fingerprint density at radius 1 is 1.39 bits per heavy atom. The van der Waals surface area contributed by atoms with Crippen molar-refractivity contribution < 1.29 is 8.42 Å². The van der Waals surface area contributed by atoms with Gasteiger partial charge in [-0.05, 0) is 26.0 Å². The summed E-state index contributed by atoms with van der Waals surface area (Å²) in [7, 11) is -3.73. The van der Waals surface area contributed by atoms with Crippen molar-refractivity contribution in [2.75, 3.05) is 4.72 Å². The van der Waals surface area contributed by atoms with Crippen LogP contribution >= 0.6 is 22.9 Å². The van der Waals surface area contributed by atoms with Gasteiger partial charge in [0.2, 0.25) is 0 Å². The van der Waals surface area contributed by atoms with Crippen LogP contribution < -0.4 is 4.72 Å². The molecule has 0 saturated carbocycles. The van der Waals surface area contributed by atoms with Gasteiger partial charge in [-0.15, -0.1) is 11.3 Å². The summed E-state index contributed by atoms with van der Waals surface area (Å²) in [6.07, 6.45) is 2.80. The third-order valence-electron chi connectivity index (χ3n) is 3.07. The molecule has 3 aromatic rings. The summed E-state index contributed by atoms with van der Waals surface area (Å²) < 4.78 is 29.4. The van der Waals surface area contributed by atoms with Gasteiger partial charge in [-0.3, -0.25) is 14.5 Å². The summed E-state index contributed by atoms with van der Waals surface area (Å²) in [4.78, 5) is 0.968. The lowest BCUT2D eigenvalue weighted by Crippen LogP contribution is -2.12. The summed E-state index contributed by atoms with van der Waals surface area (Å²) in [5.41, 5.74) is 0.692. The quantitative estimate of drug-likeness (QED) is 0.719. The minimum Gasteiger partial charge on any atom is -0.275 e. The van der Waals surface area contributed by atoms with Crippen LogP contribution in [0.1, 0.15) is 19.9 Å². The molecule has 23 heavy (non-hydrogen) atoms. The van der Waals surface area contributed by atoms with Crippen molar-refractivity contribution in [2.24, 2.45) is 0 Å². The lowest BCUT2D eigenvalue weighted by atomic mass is 10.3. The van der Waals surface area contributed by atoms with E-state index in [1.165, 1.54) is 23.7 Å². The number of thiophene rings is 1. The van der Waals surface area contributed by atoms with Gasteiger partial charge < -0.3 is 0 Å². The molecule has 2 N–H and O–H groups in total. The lowest BCUT2D eigenvalue weighted by molar-refractivity contribution is 0.531. The number of sulfonamides is 1. The lowest BCUT2D eigenvalue weighted by Gasteiger charge is -2.04. The van der Waals surface area contributed by atoms with Crippen LogP contribution in [0.5, 0.6) is 0 Å². The number of halogens is 1. The Labute approximate surface area is 142 Å². The SMILES string of the molecule is CC(C)n1cc(S(=O)(=O)Nc2cc(-c3ccc(Cl)s3)[nH]n2)cn1. The number of aromatic amines is 1. The van der Waals surface area contributed by atoms with E-state index in [-0.39, 0.29) is 16.8 Å². The molecular formula is C13H14ClN5O2S2. The van der Waals surface area contributed by atoms with E-state index >= 15 is 0 Å². The Morgan fingerprint density at radius 2 is 2.17 bits per heavy atom. The van der Waals surface area contributed by atoms with Crippen molar-refractivity contribution in [3.05, 3.63) is 34.9 Å². The summed E-state index contributed by atoms with van der Waals surface area (Å²) in [5.74, 6) is 0.210. The van der Waals surface area contributed by atoms with E-state index in [1.54, 1.807) is 16.8 Å². The van der Waals surface area contributed by atoms with E-state index in [2.05, 4.69) is 20.0 Å². The van der Waals surface area contributed by atoms with E-state index < -0.39 is 10.0 Å². The van der Waals surface area contributed by atoms with Crippen molar-refractivity contribution in [3.8, 4) is 10.6 Å². The predicted molar refractivity (Wildman–Crippen MR) is 90.3 cm³/mol. The van der Waals surface area contributed by atoms with Gasteiger partial charge in [0.05, 0.1) is 21.1 Å². The molecule has 0 aliphatic carbocycles. The highest BCUT2D eigenvalue weighted by Gasteiger charge is 2.19. The third-order valence-corrected chi connectivity index (χ3v) is 5.65. The first kappa shape index (κ1) is 16.0. The minimum atomic E-state index is -3.73. The summed E-state index contributed by atoms with van der Waals surface area (Å²) in [6, 6.07) is 5.31. The average Bonchev–Trinajstić information content (AvgIpc) is 3.16. The molecule has 0 unspecified atom stereocenters. The number of hydrogen-bond donors (Lipinski definition) is 2. The van der Waals surface area contributed by atoms with Gasteiger partial charge in [-0.1, -0.05) is 11.6 Å². The maximum absolute atomic E-state index is 12.4. The highest BCUT2D eigenvalue weighted by molar-refractivity contribution is 7.92.